The molecule has 0 fully saturated rings. The van der Waals surface area contributed by atoms with Crippen LogP contribution in [0, 0.1) is 5.82 Å². The second kappa shape index (κ2) is 7.04. The zero-order valence-electron chi connectivity index (χ0n) is 11.8. The number of nitrogens with zero attached hydrogens (tertiary/aromatic N) is 3. The summed E-state index contributed by atoms with van der Waals surface area (Å²) in [5, 5.41) is 8.60. The van der Waals surface area contributed by atoms with Crippen LogP contribution >= 0.6 is 11.8 Å². The van der Waals surface area contributed by atoms with Crippen molar-refractivity contribution >= 4 is 17.8 Å². The normalized spacial score (nSPS) is 11.1. The van der Waals surface area contributed by atoms with E-state index in [1.165, 1.54) is 24.2 Å². The molecule has 3 nitrogen and oxygen atoms in total. The molecular formula is C17H14FN3S. The molecule has 3 rings (SSSR count). The number of benzene rings is 2. The van der Waals surface area contributed by atoms with Crippen molar-refractivity contribution in [1.29, 1.82) is 0 Å². The van der Waals surface area contributed by atoms with Gasteiger partial charge in [0.05, 0.1) is 5.69 Å². The fourth-order valence-corrected chi connectivity index (χ4v) is 2.74. The fraction of sp³-hybridized carbons (Fsp3) is 0.0588. The number of aromatic nitrogens is 3. The Labute approximate surface area is 132 Å². The number of rotatable bonds is 5. The molecule has 0 aliphatic heterocycles. The smallest absolute Gasteiger partial charge is 0.196 e. The van der Waals surface area contributed by atoms with Crippen molar-refractivity contribution in [1.82, 2.24) is 14.8 Å². The second-order valence-electron chi connectivity index (χ2n) is 4.56. The molecule has 0 radical (unpaired) electrons. The van der Waals surface area contributed by atoms with Gasteiger partial charge in [0.2, 0.25) is 0 Å². The number of thioether (sulfide) groups is 1. The van der Waals surface area contributed by atoms with E-state index in [4.69, 9.17) is 0 Å². The van der Waals surface area contributed by atoms with Crippen LogP contribution in [-0.4, -0.2) is 20.5 Å². The van der Waals surface area contributed by atoms with Crippen LogP contribution in [0.4, 0.5) is 4.39 Å². The van der Waals surface area contributed by atoms with E-state index in [1.807, 2.05) is 30.3 Å². The van der Waals surface area contributed by atoms with E-state index >= 15 is 0 Å². The molecule has 110 valence electrons. The fourth-order valence-electron chi connectivity index (χ4n) is 2.01. The third kappa shape index (κ3) is 3.43. The molecule has 1 aromatic heterocycles. The van der Waals surface area contributed by atoms with Crippen molar-refractivity contribution in [2.45, 2.75) is 5.16 Å². The predicted octanol–water partition coefficient (Wildman–Crippen LogP) is 4.21. The third-order valence-electron chi connectivity index (χ3n) is 3.05. The molecule has 0 unspecified atom stereocenters. The lowest BCUT2D eigenvalue weighted by Crippen LogP contribution is -1.98. The second-order valence-corrected chi connectivity index (χ2v) is 5.55. The molecule has 0 atom stereocenters. The number of halogens is 1. The predicted molar refractivity (Wildman–Crippen MR) is 87.5 cm³/mol. The first-order chi connectivity index (χ1) is 10.8. The van der Waals surface area contributed by atoms with E-state index < -0.39 is 0 Å². The van der Waals surface area contributed by atoms with Gasteiger partial charge >= 0.3 is 0 Å². The Hall–Kier alpha value is -2.40. The molecule has 22 heavy (non-hydrogen) atoms. The monoisotopic (exact) mass is 311 g/mol. The molecule has 0 saturated heterocycles. The Morgan fingerprint density at radius 1 is 1.05 bits per heavy atom. The van der Waals surface area contributed by atoms with E-state index in [0.29, 0.717) is 10.8 Å². The van der Waals surface area contributed by atoms with Crippen LogP contribution in [-0.2, 0) is 0 Å². The van der Waals surface area contributed by atoms with Gasteiger partial charge in [0.25, 0.3) is 0 Å². The lowest BCUT2D eigenvalue weighted by atomic mass is 10.2. The molecule has 1 heterocycles. The maximum atomic E-state index is 13.8. The molecule has 0 saturated carbocycles. The van der Waals surface area contributed by atoms with Crippen LogP contribution in [0.25, 0.3) is 11.8 Å². The van der Waals surface area contributed by atoms with Gasteiger partial charge in [-0.2, -0.15) is 0 Å². The minimum atomic E-state index is -0.288. The summed E-state index contributed by atoms with van der Waals surface area (Å²) in [6, 6.07) is 16.7. The van der Waals surface area contributed by atoms with Crippen LogP contribution in [0.1, 0.15) is 5.56 Å². The molecule has 2 aromatic carbocycles. The summed E-state index contributed by atoms with van der Waals surface area (Å²) in [6.45, 7) is 0. The highest BCUT2D eigenvalue weighted by Gasteiger charge is 2.09. The van der Waals surface area contributed by atoms with Crippen molar-refractivity contribution in [3.8, 4) is 5.69 Å². The van der Waals surface area contributed by atoms with Crippen LogP contribution < -0.4 is 0 Å². The van der Waals surface area contributed by atoms with Crippen LogP contribution in [0.15, 0.2) is 72.2 Å². The molecular weight excluding hydrogens is 297 g/mol. The van der Waals surface area contributed by atoms with Crippen molar-refractivity contribution < 1.29 is 4.39 Å². The Morgan fingerprint density at radius 3 is 2.64 bits per heavy atom. The number of hydrogen-bond acceptors (Lipinski definition) is 3. The quantitative estimate of drug-likeness (QED) is 0.661. The van der Waals surface area contributed by atoms with Gasteiger partial charge in [-0.05, 0) is 17.7 Å². The summed E-state index contributed by atoms with van der Waals surface area (Å²) in [6.07, 6.45) is 5.64. The first kappa shape index (κ1) is 14.5. The Bertz CT molecular complexity index is 768. The zero-order valence-corrected chi connectivity index (χ0v) is 12.6. The van der Waals surface area contributed by atoms with Gasteiger partial charge in [-0.3, -0.25) is 4.57 Å². The lowest BCUT2D eigenvalue weighted by Gasteiger charge is -2.06. The highest BCUT2D eigenvalue weighted by Crippen LogP contribution is 2.21. The molecule has 0 spiro atoms. The van der Waals surface area contributed by atoms with Gasteiger partial charge in [0.15, 0.2) is 5.16 Å². The van der Waals surface area contributed by atoms with E-state index in [2.05, 4.69) is 22.3 Å². The Morgan fingerprint density at radius 2 is 1.82 bits per heavy atom. The average Bonchev–Trinajstić information content (AvgIpc) is 3.01. The van der Waals surface area contributed by atoms with Gasteiger partial charge in [-0.1, -0.05) is 66.4 Å². The highest BCUT2D eigenvalue weighted by molar-refractivity contribution is 7.99. The van der Waals surface area contributed by atoms with E-state index in [-0.39, 0.29) is 5.82 Å². The number of hydrogen-bond donors (Lipinski definition) is 0. The molecule has 5 heteroatoms. The van der Waals surface area contributed by atoms with Gasteiger partial charge < -0.3 is 0 Å². The summed E-state index contributed by atoms with van der Waals surface area (Å²) in [7, 11) is 0. The van der Waals surface area contributed by atoms with Crippen molar-refractivity contribution in [2.75, 3.05) is 5.75 Å². The molecule has 0 amide bonds. The van der Waals surface area contributed by atoms with Crippen molar-refractivity contribution in [3.63, 3.8) is 0 Å². The minimum Gasteiger partial charge on any atom is -0.274 e. The van der Waals surface area contributed by atoms with Crippen molar-refractivity contribution in [2.24, 2.45) is 0 Å². The lowest BCUT2D eigenvalue weighted by molar-refractivity contribution is 0.613. The van der Waals surface area contributed by atoms with Gasteiger partial charge in [0, 0.05) is 5.75 Å². The summed E-state index contributed by atoms with van der Waals surface area (Å²) < 4.78 is 15.5. The van der Waals surface area contributed by atoms with Crippen molar-refractivity contribution in [3.05, 3.63) is 78.4 Å². The standard InChI is InChI=1S/C17H14FN3S/c18-15-10-4-5-11-16(15)21-13-19-20-17(21)22-12-6-9-14-7-2-1-3-8-14/h1-11,13H,12H2. The van der Waals surface area contributed by atoms with Crippen LogP contribution in [0.2, 0.25) is 0 Å². The summed E-state index contributed by atoms with van der Waals surface area (Å²) in [5.74, 6) is 0.450. The molecule has 0 bridgehead atoms. The highest BCUT2D eigenvalue weighted by atomic mass is 32.2. The first-order valence-electron chi connectivity index (χ1n) is 6.84. The number of para-hydroxylation sites is 1. The summed E-state index contributed by atoms with van der Waals surface area (Å²) in [5.41, 5.74) is 1.61. The van der Waals surface area contributed by atoms with Crippen LogP contribution in [0.5, 0.6) is 0 Å². The minimum absolute atomic E-state index is 0.288. The van der Waals surface area contributed by atoms with Gasteiger partial charge in [-0.15, -0.1) is 10.2 Å². The summed E-state index contributed by atoms with van der Waals surface area (Å²) in [4.78, 5) is 0. The molecule has 0 aliphatic carbocycles. The van der Waals surface area contributed by atoms with E-state index in [0.717, 1.165) is 11.3 Å². The Balaban J connectivity index is 1.69. The first-order valence-corrected chi connectivity index (χ1v) is 7.82. The SMILES string of the molecule is Fc1ccccc1-n1cnnc1SCC=Cc1ccccc1. The largest absolute Gasteiger partial charge is 0.274 e. The molecule has 3 aromatic rings. The maximum absolute atomic E-state index is 13.8. The molecule has 0 N–H and O–H groups in total. The maximum Gasteiger partial charge on any atom is 0.196 e. The van der Waals surface area contributed by atoms with Gasteiger partial charge in [-0.25, -0.2) is 4.39 Å². The third-order valence-corrected chi connectivity index (χ3v) is 3.94. The van der Waals surface area contributed by atoms with E-state index in [9.17, 15) is 4.39 Å². The average molecular weight is 311 g/mol. The zero-order chi connectivity index (χ0) is 15.2. The van der Waals surface area contributed by atoms with Gasteiger partial charge in [0.1, 0.15) is 12.1 Å². The Kier molecular flexibility index (Phi) is 4.65. The topological polar surface area (TPSA) is 30.7 Å². The van der Waals surface area contributed by atoms with Crippen LogP contribution in [0.3, 0.4) is 0 Å². The molecule has 0 aliphatic rings. The van der Waals surface area contributed by atoms with E-state index in [1.54, 1.807) is 22.8 Å². The summed E-state index contributed by atoms with van der Waals surface area (Å²) >= 11 is 1.51.